The van der Waals surface area contributed by atoms with Gasteiger partial charge in [-0.05, 0) is 18.2 Å². The first-order valence-electron chi connectivity index (χ1n) is 8.74. The number of nitriles is 1. The van der Waals surface area contributed by atoms with Gasteiger partial charge >= 0.3 is 5.97 Å². The molecule has 0 aliphatic carbocycles. The van der Waals surface area contributed by atoms with Crippen LogP contribution in [-0.4, -0.2) is 66.1 Å². The summed E-state index contributed by atoms with van der Waals surface area (Å²) in [5, 5.41) is 8.99. The lowest BCUT2D eigenvalue weighted by molar-refractivity contribution is -0.153. The highest BCUT2D eigenvalue weighted by atomic mass is 16.6. The SMILES string of the molecule is N#Cc1ccccc1OCC(=O)OCC(=O)N1CCN(c2ncccn2)CC1. The van der Waals surface area contributed by atoms with Crippen LogP contribution in [0.25, 0.3) is 0 Å². The maximum atomic E-state index is 12.2. The Bertz CT molecular complexity index is 860. The fourth-order valence-corrected chi connectivity index (χ4v) is 2.71. The molecule has 1 aromatic heterocycles. The molecule has 1 aromatic carbocycles. The molecule has 0 N–H and O–H groups in total. The predicted octanol–water partition coefficient (Wildman–Crippen LogP) is 0.619. The largest absolute Gasteiger partial charge is 0.481 e. The molecular formula is C19H19N5O4. The number of hydrogen-bond donors (Lipinski definition) is 0. The first-order valence-corrected chi connectivity index (χ1v) is 8.74. The van der Waals surface area contributed by atoms with Gasteiger partial charge in [0.1, 0.15) is 11.8 Å². The smallest absolute Gasteiger partial charge is 0.344 e. The number of amides is 1. The van der Waals surface area contributed by atoms with Crippen molar-refractivity contribution in [3.63, 3.8) is 0 Å². The number of aromatic nitrogens is 2. The minimum atomic E-state index is -0.669. The molecule has 1 aliphatic heterocycles. The highest BCUT2D eigenvalue weighted by Gasteiger charge is 2.23. The third-order valence-electron chi connectivity index (χ3n) is 4.18. The summed E-state index contributed by atoms with van der Waals surface area (Å²) in [5.74, 6) is 0.000162. The fourth-order valence-electron chi connectivity index (χ4n) is 2.71. The number of nitrogens with zero attached hydrogens (tertiary/aromatic N) is 5. The van der Waals surface area contributed by atoms with E-state index in [1.54, 1.807) is 47.6 Å². The van der Waals surface area contributed by atoms with E-state index in [4.69, 9.17) is 14.7 Å². The van der Waals surface area contributed by atoms with Crippen molar-refractivity contribution >= 4 is 17.8 Å². The molecule has 0 bridgehead atoms. The molecule has 0 saturated carbocycles. The van der Waals surface area contributed by atoms with Crippen molar-refractivity contribution in [2.24, 2.45) is 0 Å². The van der Waals surface area contributed by atoms with Gasteiger partial charge < -0.3 is 19.3 Å². The summed E-state index contributed by atoms with van der Waals surface area (Å²) in [6, 6.07) is 10.3. The van der Waals surface area contributed by atoms with E-state index in [9.17, 15) is 9.59 Å². The molecular weight excluding hydrogens is 362 g/mol. The van der Waals surface area contributed by atoms with Crippen LogP contribution in [0.5, 0.6) is 5.75 Å². The van der Waals surface area contributed by atoms with Crippen molar-refractivity contribution in [2.75, 3.05) is 44.3 Å². The van der Waals surface area contributed by atoms with E-state index in [0.717, 1.165) is 0 Å². The van der Waals surface area contributed by atoms with Gasteiger partial charge in [0.05, 0.1) is 5.56 Å². The lowest BCUT2D eigenvalue weighted by Gasteiger charge is -2.34. The molecule has 1 saturated heterocycles. The minimum absolute atomic E-state index is 0.264. The van der Waals surface area contributed by atoms with Gasteiger partial charge in [-0.2, -0.15) is 5.26 Å². The Morgan fingerprint density at radius 1 is 1.04 bits per heavy atom. The van der Waals surface area contributed by atoms with Crippen LogP contribution in [0.15, 0.2) is 42.7 Å². The number of carbonyl (C=O) groups excluding carboxylic acids is 2. The zero-order chi connectivity index (χ0) is 19.8. The second-order valence-electron chi connectivity index (χ2n) is 5.97. The number of esters is 1. The molecule has 28 heavy (non-hydrogen) atoms. The third-order valence-corrected chi connectivity index (χ3v) is 4.18. The summed E-state index contributed by atoms with van der Waals surface area (Å²) in [4.78, 5) is 36.1. The van der Waals surface area contributed by atoms with E-state index in [2.05, 4.69) is 9.97 Å². The molecule has 9 nitrogen and oxygen atoms in total. The van der Waals surface area contributed by atoms with Gasteiger partial charge in [-0.15, -0.1) is 0 Å². The van der Waals surface area contributed by atoms with Gasteiger partial charge in [-0.1, -0.05) is 12.1 Å². The number of ether oxygens (including phenoxy) is 2. The number of hydrogen-bond acceptors (Lipinski definition) is 8. The number of benzene rings is 1. The van der Waals surface area contributed by atoms with Gasteiger partial charge in [-0.25, -0.2) is 14.8 Å². The molecule has 9 heteroatoms. The molecule has 0 radical (unpaired) electrons. The van der Waals surface area contributed by atoms with Crippen molar-refractivity contribution in [1.82, 2.24) is 14.9 Å². The first-order chi connectivity index (χ1) is 13.7. The zero-order valence-corrected chi connectivity index (χ0v) is 15.2. The molecule has 0 atom stereocenters. The fraction of sp³-hybridized carbons (Fsp3) is 0.316. The molecule has 0 spiro atoms. The highest BCUT2D eigenvalue weighted by molar-refractivity contribution is 5.81. The van der Waals surface area contributed by atoms with E-state index in [-0.39, 0.29) is 19.1 Å². The summed E-state index contributed by atoms with van der Waals surface area (Å²) in [6.07, 6.45) is 3.35. The molecule has 2 aromatic rings. The second kappa shape index (κ2) is 9.32. The normalized spacial score (nSPS) is 13.5. The Kier molecular flexibility index (Phi) is 6.36. The van der Waals surface area contributed by atoms with Gasteiger partial charge in [0, 0.05) is 38.6 Å². The van der Waals surface area contributed by atoms with Crippen molar-refractivity contribution in [1.29, 1.82) is 5.26 Å². The van der Waals surface area contributed by atoms with E-state index >= 15 is 0 Å². The summed E-state index contributed by atoms with van der Waals surface area (Å²) in [7, 11) is 0. The summed E-state index contributed by atoms with van der Waals surface area (Å²) >= 11 is 0. The number of piperazine rings is 1. The predicted molar refractivity (Wildman–Crippen MR) is 98.4 cm³/mol. The topological polar surface area (TPSA) is 109 Å². The maximum Gasteiger partial charge on any atom is 0.344 e. The van der Waals surface area contributed by atoms with Crippen LogP contribution < -0.4 is 9.64 Å². The van der Waals surface area contributed by atoms with Crippen molar-refractivity contribution < 1.29 is 19.1 Å². The van der Waals surface area contributed by atoms with Crippen LogP contribution in [0.1, 0.15) is 5.56 Å². The first kappa shape index (κ1) is 19.1. The third kappa shape index (κ3) is 4.94. The monoisotopic (exact) mass is 381 g/mol. The summed E-state index contributed by atoms with van der Waals surface area (Å²) < 4.78 is 10.3. The van der Waals surface area contributed by atoms with Crippen LogP contribution in [0.4, 0.5) is 5.95 Å². The van der Waals surface area contributed by atoms with Gasteiger partial charge in [0.25, 0.3) is 5.91 Å². The van der Waals surface area contributed by atoms with Gasteiger partial charge in [0.2, 0.25) is 5.95 Å². The van der Waals surface area contributed by atoms with E-state index < -0.39 is 5.97 Å². The Hall–Kier alpha value is -3.67. The van der Waals surface area contributed by atoms with Gasteiger partial charge in [0.15, 0.2) is 13.2 Å². The Morgan fingerprint density at radius 3 is 2.46 bits per heavy atom. The quantitative estimate of drug-likeness (QED) is 0.670. The van der Waals surface area contributed by atoms with Crippen molar-refractivity contribution in [3.05, 3.63) is 48.3 Å². The lowest BCUT2D eigenvalue weighted by atomic mass is 10.2. The van der Waals surface area contributed by atoms with Crippen LogP contribution >= 0.6 is 0 Å². The Balaban J connectivity index is 1.40. The average Bonchev–Trinajstić information content (AvgIpc) is 2.77. The van der Waals surface area contributed by atoms with E-state index in [1.165, 1.54) is 0 Å². The summed E-state index contributed by atoms with van der Waals surface area (Å²) in [5.41, 5.74) is 0.326. The number of para-hydroxylation sites is 1. The maximum absolute atomic E-state index is 12.2. The minimum Gasteiger partial charge on any atom is -0.481 e. The lowest BCUT2D eigenvalue weighted by Crippen LogP contribution is -2.50. The zero-order valence-electron chi connectivity index (χ0n) is 15.2. The molecule has 144 valence electrons. The van der Waals surface area contributed by atoms with Crippen LogP contribution in [-0.2, 0) is 14.3 Å². The van der Waals surface area contributed by atoms with Crippen LogP contribution in [0.3, 0.4) is 0 Å². The van der Waals surface area contributed by atoms with Crippen molar-refractivity contribution in [3.8, 4) is 11.8 Å². The van der Waals surface area contributed by atoms with Crippen LogP contribution in [0.2, 0.25) is 0 Å². The number of rotatable bonds is 6. The van der Waals surface area contributed by atoms with Crippen LogP contribution in [0, 0.1) is 11.3 Å². The number of anilines is 1. The average molecular weight is 381 g/mol. The Labute approximate surface area is 162 Å². The highest BCUT2D eigenvalue weighted by Crippen LogP contribution is 2.16. The molecule has 1 amide bonds. The van der Waals surface area contributed by atoms with Gasteiger partial charge in [-0.3, -0.25) is 4.79 Å². The second-order valence-corrected chi connectivity index (χ2v) is 5.97. The molecule has 1 fully saturated rings. The van der Waals surface area contributed by atoms with E-state index in [0.29, 0.717) is 43.4 Å². The summed E-state index contributed by atoms with van der Waals surface area (Å²) in [6.45, 7) is 1.51. The van der Waals surface area contributed by atoms with Crippen molar-refractivity contribution in [2.45, 2.75) is 0 Å². The molecule has 2 heterocycles. The molecule has 3 rings (SSSR count). The molecule has 1 aliphatic rings. The number of carbonyl (C=O) groups is 2. The van der Waals surface area contributed by atoms with E-state index in [1.807, 2.05) is 11.0 Å². The Morgan fingerprint density at radius 2 is 1.75 bits per heavy atom. The molecule has 0 unspecified atom stereocenters. The standard InChI is InChI=1S/C19H19N5O4/c20-12-15-4-1-2-5-16(15)27-14-18(26)28-13-17(25)23-8-10-24(11-9-23)19-21-6-3-7-22-19/h1-7H,8-11,13-14H2.